The van der Waals surface area contributed by atoms with Crippen LogP contribution in [-0.2, 0) is 10.0 Å². The maximum Gasteiger partial charge on any atom is 0.276 e. The largest absolute Gasteiger partial charge is 0.276 e. The van der Waals surface area contributed by atoms with Gasteiger partial charge in [-0.25, -0.2) is 0 Å². The van der Waals surface area contributed by atoms with E-state index >= 15 is 0 Å². The van der Waals surface area contributed by atoms with Crippen LogP contribution in [0.1, 0.15) is 18.1 Å². The fraction of sp³-hybridized carbons (Fsp3) is 0.188. The zero-order valence-corrected chi connectivity index (χ0v) is 14.3. The van der Waals surface area contributed by atoms with Crippen LogP contribution in [0.15, 0.2) is 63.4 Å². The van der Waals surface area contributed by atoms with Crippen LogP contribution >= 0.6 is 11.8 Å². The lowest BCUT2D eigenvalue weighted by Gasteiger charge is -2.06. The zero-order chi connectivity index (χ0) is 16.2. The Kier molecular flexibility index (Phi) is 5.26. The summed E-state index contributed by atoms with van der Waals surface area (Å²) in [7, 11) is -3.63. The molecule has 0 aliphatic carbocycles. The minimum absolute atomic E-state index is 0.201. The molecular formula is C16H18N2O2S2. The Morgan fingerprint density at radius 1 is 1.05 bits per heavy atom. The maximum atomic E-state index is 12.2. The highest BCUT2D eigenvalue weighted by Crippen LogP contribution is 2.15. The second kappa shape index (κ2) is 6.98. The maximum absolute atomic E-state index is 12.2. The quantitative estimate of drug-likeness (QED) is 0.518. The van der Waals surface area contributed by atoms with Gasteiger partial charge in [0.25, 0.3) is 10.0 Å². The van der Waals surface area contributed by atoms with Crippen LogP contribution in [0.2, 0.25) is 0 Å². The zero-order valence-electron chi connectivity index (χ0n) is 12.7. The Labute approximate surface area is 135 Å². The van der Waals surface area contributed by atoms with E-state index in [9.17, 15) is 8.42 Å². The molecule has 0 saturated heterocycles. The van der Waals surface area contributed by atoms with Crippen LogP contribution in [-0.4, -0.2) is 20.4 Å². The van der Waals surface area contributed by atoms with E-state index in [4.69, 9.17) is 0 Å². The van der Waals surface area contributed by atoms with E-state index in [-0.39, 0.29) is 4.90 Å². The number of hydrazone groups is 1. The van der Waals surface area contributed by atoms with E-state index in [1.54, 1.807) is 43.0 Å². The summed E-state index contributed by atoms with van der Waals surface area (Å²) in [6, 6.07) is 14.4. The fourth-order valence-electron chi connectivity index (χ4n) is 1.80. The van der Waals surface area contributed by atoms with Crippen molar-refractivity contribution >= 4 is 27.5 Å². The van der Waals surface area contributed by atoms with Gasteiger partial charge in [-0.15, -0.1) is 11.8 Å². The molecule has 4 nitrogen and oxygen atoms in total. The van der Waals surface area contributed by atoms with Crippen LogP contribution in [0, 0.1) is 6.92 Å². The highest BCUT2D eigenvalue weighted by molar-refractivity contribution is 7.98. The molecule has 0 bridgehead atoms. The highest BCUT2D eigenvalue weighted by Gasteiger charge is 2.12. The number of nitrogens with zero attached hydrogens (tertiary/aromatic N) is 1. The molecule has 2 aromatic rings. The topological polar surface area (TPSA) is 58.5 Å². The molecule has 0 spiro atoms. The molecule has 22 heavy (non-hydrogen) atoms. The van der Waals surface area contributed by atoms with Crippen LogP contribution in [0.3, 0.4) is 0 Å². The molecular weight excluding hydrogens is 316 g/mol. The number of sulfonamides is 1. The number of thioether (sulfide) groups is 1. The summed E-state index contributed by atoms with van der Waals surface area (Å²) in [5, 5.41) is 3.99. The van der Waals surface area contributed by atoms with Crippen LogP contribution < -0.4 is 4.83 Å². The molecule has 6 heteroatoms. The van der Waals surface area contributed by atoms with E-state index in [0.29, 0.717) is 5.71 Å². The number of aryl methyl sites for hydroxylation is 1. The molecule has 0 unspecified atom stereocenters. The normalized spacial score (nSPS) is 12.2. The molecule has 0 aromatic heterocycles. The third-order valence-electron chi connectivity index (χ3n) is 3.17. The summed E-state index contributed by atoms with van der Waals surface area (Å²) < 4.78 is 24.3. The van der Waals surface area contributed by atoms with Gasteiger partial charge >= 0.3 is 0 Å². The average molecular weight is 334 g/mol. The molecule has 0 saturated carbocycles. The van der Waals surface area contributed by atoms with Gasteiger partial charge in [0.2, 0.25) is 0 Å². The molecule has 1 N–H and O–H groups in total. The average Bonchev–Trinajstić information content (AvgIpc) is 2.53. The van der Waals surface area contributed by atoms with Gasteiger partial charge in [-0.3, -0.25) is 0 Å². The van der Waals surface area contributed by atoms with Crippen LogP contribution in [0.4, 0.5) is 0 Å². The van der Waals surface area contributed by atoms with Crippen molar-refractivity contribution in [3.63, 3.8) is 0 Å². The molecule has 0 aliphatic rings. The van der Waals surface area contributed by atoms with Gasteiger partial charge in [0, 0.05) is 4.90 Å². The molecule has 0 heterocycles. The molecule has 0 amide bonds. The van der Waals surface area contributed by atoms with Crippen molar-refractivity contribution < 1.29 is 8.42 Å². The van der Waals surface area contributed by atoms with Crippen molar-refractivity contribution in [2.75, 3.05) is 6.26 Å². The molecule has 2 aromatic carbocycles. The SMILES string of the molecule is CSc1ccc(C(C)=NNS(=O)(=O)c2ccc(C)cc2)cc1. The Hall–Kier alpha value is -1.79. The van der Waals surface area contributed by atoms with E-state index < -0.39 is 10.0 Å². The van der Waals surface area contributed by atoms with Gasteiger partial charge in [-0.2, -0.15) is 18.4 Å². The number of nitrogens with one attached hydrogen (secondary N) is 1. The fourth-order valence-corrected chi connectivity index (χ4v) is 3.06. The van der Waals surface area contributed by atoms with Crippen molar-refractivity contribution in [1.29, 1.82) is 0 Å². The van der Waals surface area contributed by atoms with Gasteiger partial charge in [-0.1, -0.05) is 29.8 Å². The molecule has 0 atom stereocenters. The predicted octanol–water partition coefficient (Wildman–Crippen LogP) is 3.42. The lowest BCUT2D eigenvalue weighted by molar-refractivity contribution is 0.584. The molecule has 116 valence electrons. The minimum Gasteiger partial charge on any atom is -0.200 e. The predicted molar refractivity (Wildman–Crippen MR) is 91.9 cm³/mol. The van der Waals surface area contributed by atoms with Crippen molar-refractivity contribution in [3.05, 3.63) is 59.7 Å². The first-order valence-electron chi connectivity index (χ1n) is 6.69. The Bertz CT molecular complexity index is 765. The third-order valence-corrected chi connectivity index (χ3v) is 5.14. The van der Waals surface area contributed by atoms with Gasteiger partial charge in [0.15, 0.2) is 0 Å². The molecule has 0 radical (unpaired) electrons. The summed E-state index contributed by atoms with van der Waals surface area (Å²) in [4.78, 5) is 3.63. The summed E-state index contributed by atoms with van der Waals surface area (Å²) in [6.45, 7) is 3.68. The Balaban J connectivity index is 2.16. The number of hydrogen-bond acceptors (Lipinski definition) is 4. The standard InChI is InChI=1S/C16H18N2O2S2/c1-12-4-10-16(11-5-12)22(19,20)18-17-13(2)14-6-8-15(21-3)9-7-14/h4-11,18H,1-3H3. The number of rotatable bonds is 5. The molecule has 0 fully saturated rings. The van der Waals surface area contributed by atoms with Gasteiger partial charge in [0.1, 0.15) is 0 Å². The van der Waals surface area contributed by atoms with Crippen molar-refractivity contribution in [2.24, 2.45) is 5.10 Å². The third kappa shape index (κ3) is 4.11. The lowest BCUT2D eigenvalue weighted by Crippen LogP contribution is -2.19. The van der Waals surface area contributed by atoms with Gasteiger partial charge < -0.3 is 0 Å². The number of benzene rings is 2. The van der Waals surface area contributed by atoms with Gasteiger partial charge in [-0.05, 0) is 49.9 Å². The first kappa shape index (κ1) is 16.6. The first-order valence-corrected chi connectivity index (χ1v) is 9.40. The van der Waals surface area contributed by atoms with E-state index in [2.05, 4.69) is 9.93 Å². The summed E-state index contributed by atoms with van der Waals surface area (Å²) >= 11 is 1.65. The monoisotopic (exact) mass is 334 g/mol. The smallest absolute Gasteiger partial charge is 0.200 e. The van der Waals surface area contributed by atoms with E-state index in [1.165, 1.54) is 0 Å². The Morgan fingerprint density at radius 3 is 2.18 bits per heavy atom. The first-order chi connectivity index (χ1) is 10.4. The summed E-state index contributed by atoms with van der Waals surface area (Å²) in [5.41, 5.74) is 2.50. The number of hydrogen-bond donors (Lipinski definition) is 1. The molecule has 0 aliphatic heterocycles. The van der Waals surface area contributed by atoms with Crippen molar-refractivity contribution in [1.82, 2.24) is 4.83 Å². The van der Waals surface area contributed by atoms with Crippen LogP contribution in [0.25, 0.3) is 0 Å². The second-order valence-corrected chi connectivity index (χ2v) is 7.37. The van der Waals surface area contributed by atoms with Crippen molar-refractivity contribution in [2.45, 2.75) is 23.6 Å². The highest BCUT2D eigenvalue weighted by atomic mass is 32.2. The van der Waals surface area contributed by atoms with Crippen LogP contribution in [0.5, 0.6) is 0 Å². The summed E-state index contributed by atoms with van der Waals surface area (Å²) in [6.07, 6.45) is 2.01. The second-order valence-electron chi connectivity index (χ2n) is 4.83. The van der Waals surface area contributed by atoms with E-state index in [0.717, 1.165) is 16.0 Å². The van der Waals surface area contributed by atoms with Crippen molar-refractivity contribution in [3.8, 4) is 0 Å². The Morgan fingerprint density at radius 2 is 1.64 bits per heavy atom. The minimum atomic E-state index is -3.63. The summed E-state index contributed by atoms with van der Waals surface area (Å²) in [5.74, 6) is 0. The lowest BCUT2D eigenvalue weighted by atomic mass is 10.1. The molecule has 2 rings (SSSR count). The van der Waals surface area contributed by atoms with E-state index in [1.807, 2.05) is 37.4 Å². The van der Waals surface area contributed by atoms with Gasteiger partial charge in [0.05, 0.1) is 10.6 Å².